The number of carbonyl (C=O) groups is 1. The first-order valence-electron chi connectivity index (χ1n) is 6.43. The van der Waals surface area contributed by atoms with E-state index in [0.717, 1.165) is 17.8 Å². The fourth-order valence-corrected chi connectivity index (χ4v) is 3.69. The molecule has 0 saturated carbocycles. The molecule has 0 unspecified atom stereocenters. The van der Waals surface area contributed by atoms with Gasteiger partial charge in [0.15, 0.2) is 5.82 Å². The van der Waals surface area contributed by atoms with Crippen LogP contribution in [-0.2, 0) is 4.79 Å². The molecule has 2 aromatic rings. The highest BCUT2D eigenvalue weighted by atomic mass is 32.2. The van der Waals surface area contributed by atoms with Crippen LogP contribution in [0.2, 0.25) is 0 Å². The highest BCUT2D eigenvalue weighted by Crippen LogP contribution is 2.45. The lowest BCUT2D eigenvalue weighted by Gasteiger charge is -2.18. The van der Waals surface area contributed by atoms with Gasteiger partial charge in [-0.25, -0.2) is 8.78 Å². The van der Waals surface area contributed by atoms with E-state index in [1.807, 2.05) is 0 Å². The predicted molar refractivity (Wildman–Crippen MR) is 77.2 cm³/mol. The van der Waals surface area contributed by atoms with Crippen molar-refractivity contribution >= 4 is 23.5 Å². The number of H-pyrrole nitrogens is 1. The van der Waals surface area contributed by atoms with Crippen molar-refractivity contribution in [3.8, 4) is 0 Å². The number of aromatic amines is 1. The second-order valence-corrected chi connectivity index (χ2v) is 6.38. The third-order valence-electron chi connectivity index (χ3n) is 3.45. The van der Waals surface area contributed by atoms with Gasteiger partial charge < -0.3 is 5.32 Å². The van der Waals surface area contributed by atoms with Crippen LogP contribution in [0.5, 0.6) is 0 Å². The summed E-state index contributed by atoms with van der Waals surface area (Å²) in [6.07, 6.45) is 0. The minimum atomic E-state index is -0.508. The number of hydrogen-bond acceptors (Lipinski definition) is 3. The Morgan fingerprint density at radius 2 is 2.10 bits per heavy atom. The molecule has 1 aliphatic heterocycles. The Morgan fingerprint density at radius 1 is 1.33 bits per heavy atom. The zero-order valence-corrected chi connectivity index (χ0v) is 12.2. The Labute approximate surface area is 124 Å². The SMILES string of the molecule is Cc1[nH]nc2c1[C@H](c1cc(F)ccc1F)S[C@@H](C)C(=O)N2. The third-order valence-corrected chi connectivity index (χ3v) is 4.83. The van der Waals surface area contributed by atoms with Gasteiger partial charge in [0.1, 0.15) is 11.6 Å². The van der Waals surface area contributed by atoms with Gasteiger partial charge in [0.25, 0.3) is 0 Å². The highest BCUT2D eigenvalue weighted by molar-refractivity contribution is 8.01. The van der Waals surface area contributed by atoms with E-state index < -0.39 is 22.1 Å². The van der Waals surface area contributed by atoms with Crippen molar-refractivity contribution in [1.82, 2.24) is 10.2 Å². The van der Waals surface area contributed by atoms with Crippen LogP contribution in [0.15, 0.2) is 18.2 Å². The summed E-state index contributed by atoms with van der Waals surface area (Å²) in [6, 6.07) is 3.35. The van der Waals surface area contributed by atoms with Gasteiger partial charge in [-0.3, -0.25) is 9.89 Å². The number of carbonyl (C=O) groups excluding carboxylic acids is 1. The van der Waals surface area contributed by atoms with Crippen LogP contribution in [0.1, 0.15) is 29.0 Å². The summed E-state index contributed by atoms with van der Waals surface area (Å²) in [4.78, 5) is 12.0. The summed E-state index contributed by atoms with van der Waals surface area (Å²) in [5.41, 5.74) is 1.62. The van der Waals surface area contributed by atoms with Crippen molar-refractivity contribution < 1.29 is 13.6 Å². The van der Waals surface area contributed by atoms with Crippen LogP contribution >= 0.6 is 11.8 Å². The van der Waals surface area contributed by atoms with E-state index in [4.69, 9.17) is 0 Å². The van der Waals surface area contributed by atoms with Gasteiger partial charge in [-0.2, -0.15) is 5.10 Å². The molecule has 2 heterocycles. The Bertz CT molecular complexity index is 716. The van der Waals surface area contributed by atoms with E-state index in [9.17, 15) is 13.6 Å². The Kier molecular flexibility index (Phi) is 3.44. The summed E-state index contributed by atoms with van der Waals surface area (Å²) in [6.45, 7) is 3.52. The van der Waals surface area contributed by atoms with Crippen molar-refractivity contribution in [3.63, 3.8) is 0 Å². The molecule has 0 spiro atoms. The van der Waals surface area contributed by atoms with E-state index in [-0.39, 0.29) is 11.5 Å². The number of aryl methyl sites for hydroxylation is 1. The number of aromatic nitrogens is 2. The first-order valence-corrected chi connectivity index (χ1v) is 7.37. The maximum Gasteiger partial charge on any atom is 0.238 e. The molecule has 3 rings (SSSR count). The number of nitrogens with zero attached hydrogens (tertiary/aromatic N) is 1. The van der Waals surface area contributed by atoms with Crippen molar-refractivity contribution in [2.75, 3.05) is 5.32 Å². The van der Waals surface area contributed by atoms with Crippen molar-refractivity contribution in [3.05, 3.63) is 46.7 Å². The Morgan fingerprint density at radius 3 is 2.86 bits per heavy atom. The van der Waals surface area contributed by atoms with Crippen LogP contribution in [0.25, 0.3) is 0 Å². The molecule has 110 valence electrons. The molecule has 1 amide bonds. The van der Waals surface area contributed by atoms with Gasteiger partial charge in [-0.1, -0.05) is 0 Å². The smallest absolute Gasteiger partial charge is 0.238 e. The van der Waals surface area contributed by atoms with Gasteiger partial charge in [0.05, 0.1) is 10.5 Å². The average Bonchev–Trinajstić information content (AvgIpc) is 2.73. The largest absolute Gasteiger partial charge is 0.308 e. The number of rotatable bonds is 1. The van der Waals surface area contributed by atoms with E-state index in [1.54, 1.807) is 13.8 Å². The lowest BCUT2D eigenvalue weighted by atomic mass is 10.0. The molecule has 1 aliphatic rings. The Hall–Kier alpha value is -1.89. The van der Waals surface area contributed by atoms with Crippen LogP contribution in [0.3, 0.4) is 0 Å². The molecule has 0 aliphatic carbocycles. The third kappa shape index (κ3) is 2.42. The summed E-state index contributed by atoms with van der Waals surface area (Å²) in [7, 11) is 0. The zero-order chi connectivity index (χ0) is 15.1. The molecule has 1 aromatic carbocycles. The van der Waals surface area contributed by atoms with E-state index in [1.165, 1.54) is 17.8 Å². The fraction of sp³-hybridized carbons (Fsp3) is 0.286. The monoisotopic (exact) mass is 309 g/mol. The molecule has 21 heavy (non-hydrogen) atoms. The summed E-state index contributed by atoms with van der Waals surface area (Å²) >= 11 is 1.27. The minimum absolute atomic E-state index is 0.202. The standard InChI is InChI=1S/C14H13F2N3OS/c1-6-11-12(9-5-8(15)3-4-10(9)16)21-7(2)14(20)17-13(11)19-18-6/h3-5,7,12H,1-2H3,(H2,17,18,19,20)/t7-,12-/m0/s1. The molecule has 0 bridgehead atoms. The van der Waals surface area contributed by atoms with Gasteiger partial charge >= 0.3 is 0 Å². The van der Waals surface area contributed by atoms with E-state index in [2.05, 4.69) is 15.5 Å². The molecule has 0 radical (unpaired) electrons. The number of nitrogens with one attached hydrogen (secondary N) is 2. The molecule has 0 saturated heterocycles. The van der Waals surface area contributed by atoms with Crippen LogP contribution in [-0.4, -0.2) is 21.4 Å². The number of thioether (sulfide) groups is 1. The number of fused-ring (bicyclic) bond motifs is 1. The first kappa shape index (κ1) is 14.1. The van der Waals surface area contributed by atoms with Crippen molar-refractivity contribution in [1.29, 1.82) is 0 Å². The number of benzene rings is 1. The lowest BCUT2D eigenvalue weighted by molar-refractivity contribution is -0.115. The number of hydrogen-bond donors (Lipinski definition) is 2. The Balaban J connectivity index is 2.18. The van der Waals surface area contributed by atoms with Crippen molar-refractivity contribution in [2.24, 2.45) is 0 Å². The predicted octanol–water partition coefficient (Wildman–Crippen LogP) is 3.16. The number of halogens is 2. The average molecular weight is 309 g/mol. The molecular weight excluding hydrogens is 296 g/mol. The first-order chi connectivity index (χ1) is 9.97. The number of amides is 1. The molecule has 2 atom stereocenters. The molecule has 7 heteroatoms. The van der Waals surface area contributed by atoms with Gasteiger partial charge in [-0.15, -0.1) is 11.8 Å². The summed E-state index contributed by atoms with van der Waals surface area (Å²) in [5.74, 6) is -0.831. The van der Waals surface area contributed by atoms with Gasteiger partial charge in [0.2, 0.25) is 5.91 Å². The lowest BCUT2D eigenvalue weighted by Crippen LogP contribution is -2.21. The quantitative estimate of drug-likeness (QED) is 0.851. The highest BCUT2D eigenvalue weighted by Gasteiger charge is 2.33. The second kappa shape index (κ2) is 5.14. The van der Waals surface area contributed by atoms with Crippen LogP contribution in [0, 0.1) is 18.6 Å². The molecule has 0 fully saturated rings. The topological polar surface area (TPSA) is 57.8 Å². The van der Waals surface area contributed by atoms with Crippen LogP contribution < -0.4 is 5.32 Å². The summed E-state index contributed by atoms with van der Waals surface area (Å²) < 4.78 is 27.6. The van der Waals surface area contributed by atoms with E-state index >= 15 is 0 Å². The summed E-state index contributed by atoms with van der Waals surface area (Å²) in [5, 5.41) is 8.64. The molecular formula is C14H13F2N3OS. The maximum absolute atomic E-state index is 14.1. The van der Waals surface area contributed by atoms with Gasteiger partial charge in [-0.05, 0) is 32.0 Å². The van der Waals surface area contributed by atoms with Gasteiger partial charge in [0, 0.05) is 16.8 Å². The minimum Gasteiger partial charge on any atom is -0.308 e. The number of anilines is 1. The molecule has 2 N–H and O–H groups in total. The zero-order valence-electron chi connectivity index (χ0n) is 11.4. The fourth-order valence-electron chi connectivity index (χ4n) is 2.35. The second-order valence-electron chi connectivity index (χ2n) is 4.92. The van der Waals surface area contributed by atoms with E-state index in [0.29, 0.717) is 11.4 Å². The molecule has 1 aromatic heterocycles. The molecule has 4 nitrogen and oxygen atoms in total. The maximum atomic E-state index is 14.1. The van der Waals surface area contributed by atoms with Crippen molar-refractivity contribution in [2.45, 2.75) is 24.3 Å². The normalized spacial score (nSPS) is 21.6. The van der Waals surface area contributed by atoms with Crippen LogP contribution in [0.4, 0.5) is 14.6 Å².